The minimum absolute atomic E-state index is 0.543. The Morgan fingerprint density at radius 2 is 2.00 bits per heavy atom. The maximum absolute atomic E-state index is 2.52. The number of hydrogen-bond acceptors (Lipinski definition) is 0. The van der Waals surface area contributed by atoms with Crippen molar-refractivity contribution in [1.82, 2.24) is 0 Å². The molecule has 2 atom stereocenters. The molecule has 0 nitrogen and oxygen atoms in total. The third-order valence-corrected chi connectivity index (χ3v) is 4.97. The Morgan fingerprint density at radius 3 is 2.57 bits per heavy atom. The number of rotatable bonds is 1. The predicted molar refractivity (Wildman–Crippen MR) is 62.2 cm³/mol. The SMILES string of the molecule is CC1=CCC2(C(C)C)CC1C(C)(C)C2. The molecule has 0 aromatic carbocycles. The van der Waals surface area contributed by atoms with Crippen LogP contribution in [0.4, 0.5) is 0 Å². The molecule has 0 amide bonds. The highest BCUT2D eigenvalue weighted by molar-refractivity contribution is 5.20. The van der Waals surface area contributed by atoms with E-state index >= 15 is 0 Å². The lowest BCUT2D eigenvalue weighted by atomic mass is 9.69. The van der Waals surface area contributed by atoms with Gasteiger partial charge in [-0.1, -0.05) is 39.3 Å². The third kappa shape index (κ3) is 1.26. The summed E-state index contributed by atoms with van der Waals surface area (Å²) in [5, 5.41) is 0. The predicted octanol–water partition coefficient (Wildman–Crippen LogP) is 4.42. The Morgan fingerprint density at radius 1 is 1.36 bits per heavy atom. The van der Waals surface area contributed by atoms with Gasteiger partial charge in [-0.2, -0.15) is 0 Å². The Bertz CT molecular complexity index is 270. The van der Waals surface area contributed by atoms with Crippen LogP contribution < -0.4 is 0 Å². The van der Waals surface area contributed by atoms with Gasteiger partial charge in [-0.05, 0) is 48.9 Å². The van der Waals surface area contributed by atoms with E-state index in [1.54, 1.807) is 5.57 Å². The smallest absolute Gasteiger partial charge is 0.0149 e. The van der Waals surface area contributed by atoms with E-state index < -0.39 is 0 Å². The number of hydrogen-bond donors (Lipinski definition) is 0. The highest BCUT2D eigenvalue weighted by atomic mass is 14.6. The summed E-state index contributed by atoms with van der Waals surface area (Å²) in [4.78, 5) is 0. The van der Waals surface area contributed by atoms with Crippen LogP contribution in [0.5, 0.6) is 0 Å². The van der Waals surface area contributed by atoms with E-state index in [1.807, 2.05) is 0 Å². The van der Waals surface area contributed by atoms with E-state index in [0.717, 1.165) is 11.8 Å². The summed E-state index contributed by atoms with van der Waals surface area (Å²) >= 11 is 0. The van der Waals surface area contributed by atoms with Crippen LogP contribution >= 0.6 is 0 Å². The molecule has 2 rings (SSSR count). The summed E-state index contributed by atoms with van der Waals surface area (Å²) < 4.78 is 0. The van der Waals surface area contributed by atoms with Crippen molar-refractivity contribution in [2.45, 2.75) is 53.9 Å². The van der Waals surface area contributed by atoms with Gasteiger partial charge in [0.15, 0.2) is 0 Å². The average Bonchev–Trinajstić information content (AvgIpc) is 2.30. The monoisotopic (exact) mass is 192 g/mol. The molecule has 0 spiro atoms. The van der Waals surface area contributed by atoms with Crippen molar-refractivity contribution in [3.63, 3.8) is 0 Å². The zero-order valence-corrected chi connectivity index (χ0v) is 10.4. The van der Waals surface area contributed by atoms with Crippen LogP contribution in [0.15, 0.2) is 11.6 Å². The molecule has 80 valence electrons. The van der Waals surface area contributed by atoms with E-state index in [1.165, 1.54) is 19.3 Å². The minimum atomic E-state index is 0.543. The zero-order valence-electron chi connectivity index (χ0n) is 10.4. The molecule has 0 heterocycles. The van der Waals surface area contributed by atoms with Crippen LogP contribution in [-0.4, -0.2) is 0 Å². The van der Waals surface area contributed by atoms with Gasteiger partial charge in [0.25, 0.3) is 0 Å². The van der Waals surface area contributed by atoms with Crippen molar-refractivity contribution >= 4 is 0 Å². The third-order valence-electron chi connectivity index (χ3n) is 4.97. The average molecular weight is 192 g/mol. The summed E-state index contributed by atoms with van der Waals surface area (Å²) in [5.74, 6) is 1.70. The largest absolute Gasteiger partial charge is 0.0847 e. The molecular weight excluding hydrogens is 168 g/mol. The van der Waals surface area contributed by atoms with Crippen LogP contribution in [0, 0.1) is 22.7 Å². The van der Waals surface area contributed by atoms with Gasteiger partial charge in [0.2, 0.25) is 0 Å². The topological polar surface area (TPSA) is 0 Å². The molecule has 0 N–H and O–H groups in total. The van der Waals surface area contributed by atoms with Crippen LogP contribution in [0.2, 0.25) is 0 Å². The Hall–Kier alpha value is -0.260. The summed E-state index contributed by atoms with van der Waals surface area (Å²) in [7, 11) is 0. The summed E-state index contributed by atoms with van der Waals surface area (Å²) in [5.41, 5.74) is 2.83. The molecule has 14 heavy (non-hydrogen) atoms. The molecule has 2 bridgehead atoms. The van der Waals surface area contributed by atoms with Crippen LogP contribution in [0.1, 0.15) is 53.9 Å². The second-order valence-corrected chi connectivity index (χ2v) is 6.59. The highest BCUT2D eigenvalue weighted by Gasteiger charge is 2.52. The van der Waals surface area contributed by atoms with Crippen molar-refractivity contribution in [2.24, 2.45) is 22.7 Å². The van der Waals surface area contributed by atoms with Crippen molar-refractivity contribution in [1.29, 1.82) is 0 Å². The van der Waals surface area contributed by atoms with Crippen molar-refractivity contribution in [2.75, 3.05) is 0 Å². The molecule has 0 heteroatoms. The second-order valence-electron chi connectivity index (χ2n) is 6.59. The van der Waals surface area contributed by atoms with Gasteiger partial charge in [-0.25, -0.2) is 0 Å². The van der Waals surface area contributed by atoms with Gasteiger partial charge in [0.1, 0.15) is 0 Å². The lowest BCUT2D eigenvalue weighted by Gasteiger charge is -2.35. The van der Waals surface area contributed by atoms with Crippen LogP contribution in [0.3, 0.4) is 0 Å². The van der Waals surface area contributed by atoms with Crippen molar-refractivity contribution < 1.29 is 0 Å². The maximum Gasteiger partial charge on any atom is -0.0149 e. The standard InChI is InChI=1S/C14H24/c1-10(2)14-7-6-11(3)12(8-14)13(4,5)9-14/h6,10,12H,7-9H2,1-5H3. The quantitative estimate of drug-likeness (QED) is 0.540. The van der Waals surface area contributed by atoms with E-state index in [9.17, 15) is 0 Å². The number of fused-ring (bicyclic) bond motifs is 2. The fourth-order valence-corrected chi connectivity index (χ4v) is 3.90. The first-order valence-corrected chi connectivity index (χ1v) is 6.04. The highest BCUT2D eigenvalue weighted by Crippen LogP contribution is 2.62. The minimum Gasteiger partial charge on any atom is -0.0847 e. The van der Waals surface area contributed by atoms with E-state index in [-0.39, 0.29) is 0 Å². The molecule has 2 unspecified atom stereocenters. The molecule has 2 aliphatic rings. The van der Waals surface area contributed by atoms with E-state index in [2.05, 4.69) is 40.7 Å². The summed E-state index contributed by atoms with van der Waals surface area (Å²) in [6.07, 6.45) is 6.72. The molecule has 1 saturated carbocycles. The fourth-order valence-electron chi connectivity index (χ4n) is 3.90. The van der Waals surface area contributed by atoms with Gasteiger partial charge in [0, 0.05) is 0 Å². The Balaban J connectivity index is 2.37. The van der Waals surface area contributed by atoms with Crippen LogP contribution in [0.25, 0.3) is 0 Å². The van der Waals surface area contributed by atoms with Gasteiger partial charge in [-0.15, -0.1) is 0 Å². The first-order chi connectivity index (χ1) is 6.37. The summed E-state index contributed by atoms with van der Waals surface area (Å²) in [6, 6.07) is 0. The van der Waals surface area contributed by atoms with Crippen LogP contribution in [-0.2, 0) is 0 Å². The lowest BCUT2D eigenvalue weighted by molar-refractivity contribution is 0.175. The first-order valence-electron chi connectivity index (χ1n) is 6.04. The second kappa shape index (κ2) is 2.87. The van der Waals surface area contributed by atoms with Crippen molar-refractivity contribution in [3.05, 3.63) is 11.6 Å². The zero-order chi connectivity index (χ0) is 10.6. The molecule has 1 fully saturated rings. The molecular formula is C14H24. The van der Waals surface area contributed by atoms with Gasteiger partial charge in [-0.3, -0.25) is 0 Å². The molecule has 0 radical (unpaired) electrons. The Labute approximate surface area is 88.8 Å². The first kappa shape index (κ1) is 10.3. The van der Waals surface area contributed by atoms with Gasteiger partial charge in [0.05, 0.1) is 0 Å². The maximum atomic E-state index is 2.52. The Kier molecular flexibility index (Phi) is 2.10. The molecule has 0 aromatic rings. The molecule has 2 aliphatic carbocycles. The molecule has 0 aromatic heterocycles. The van der Waals surface area contributed by atoms with Gasteiger partial charge < -0.3 is 0 Å². The van der Waals surface area contributed by atoms with E-state index in [4.69, 9.17) is 0 Å². The van der Waals surface area contributed by atoms with Crippen molar-refractivity contribution in [3.8, 4) is 0 Å². The molecule has 0 aliphatic heterocycles. The van der Waals surface area contributed by atoms with Gasteiger partial charge >= 0.3 is 0 Å². The summed E-state index contributed by atoms with van der Waals surface area (Å²) in [6.45, 7) is 12.1. The number of allylic oxidation sites excluding steroid dienone is 2. The molecule has 0 saturated heterocycles. The van der Waals surface area contributed by atoms with E-state index in [0.29, 0.717) is 10.8 Å². The normalized spacial score (nSPS) is 40.1. The lowest BCUT2D eigenvalue weighted by Crippen LogP contribution is -2.25. The fraction of sp³-hybridized carbons (Fsp3) is 0.857.